The molecule has 0 rings (SSSR count). The standard InChI is InChI=1S/C46H85NO6/c1-6-8-10-12-13-14-15-16-17-18-19-20-22-26-29-33-38-45(53-46(49)51-41-35-39-47(4)5)42-50-40-34-30-27-24-21-23-25-28-32-37-44(52-43(3)48)36-31-11-9-7-2/h13-14,16-17,28,32,44-45H,6-12,15,18-27,29-31,33-42H2,1-5H3/b14-13-,17-16-,32-28?. The van der Waals surface area contributed by atoms with E-state index in [0.29, 0.717) is 19.8 Å². The Morgan fingerprint density at radius 2 is 1.06 bits per heavy atom. The summed E-state index contributed by atoms with van der Waals surface area (Å²) in [6.07, 6.45) is 43.8. The van der Waals surface area contributed by atoms with Crippen LogP contribution in [-0.2, 0) is 23.7 Å². The molecule has 0 aromatic carbocycles. The summed E-state index contributed by atoms with van der Waals surface area (Å²) in [6.45, 7) is 8.37. The van der Waals surface area contributed by atoms with Gasteiger partial charge in [-0.1, -0.05) is 134 Å². The topological polar surface area (TPSA) is 74.3 Å². The Kier molecular flexibility index (Phi) is 39.4. The van der Waals surface area contributed by atoms with Gasteiger partial charge in [-0.15, -0.1) is 0 Å². The number of rotatable bonds is 39. The van der Waals surface area contributed by atoms with Crippen molar-refractivity contribution in [1.82, 2.24) is 4.90 Å². The van der Waals surface area contributed by atoms with Gasteiger partial charge < -0.3 is 23.8 Å². The van der Waals surface area contributed by atoms with Crippen LogP contribution in [0.15, 0.2) is 36.5 Å². The first-order valence-electron chi connectivity index (χ1n) is 22.1. The van der Waals surface area contributed by atoms with Crippen LogP contribution in [0.3, 0.4) is 0 Å². The highest BCUT2D eigenvalue weighted by atomic mass is 16.7. The van der Waals surface area contributed by atoms with Gasteiger partial charge in [0.15, 0.2) is 0 Å². The third kappa shape index (κ3) is 40.9. The molecule has 0 amide bonds. The zero-order valence-corrected chi connectivity index (χ0v) is 35.4. The molecule has 0 saturated carbocycles. The average molecular weight is 748 g/mol. The molecule has 0 aliphatic carbocycles. The molecule has 0 N–H and O–H groups in total. The van der Waals surface area contributed by atoms with Crippen LogP contribution in [-0.4, -0.2) is 69.7 Å². The van der Waals surface area contributed by atoms with Crippen molar-refractivity contribution in [3.8, 4) is 0 Å². The maximum absolute atomic E-state index is 12.4. The van der Waals surface area contributed by atoms with E-state index in [4.69, 9.17) is 18.9 Å². The van der Waals surface area contributed by atoms with Gasteiger partial charge in [-0.3, -0.25) is 4.79 Å². The number of unbranched alkanes of at least 4 members (excludes halogenated alkanes) is 18. The molecular weight excluding hydrogens is 663 g/mol. The number of carbonyl (C=O) groups excluding carboxylic acids is 2. The summed E-state index contributed by atoms with van der Waals surface area (Å²) in [5.41, 5.74) is 0. The van der Waals surface area contributed by atoms with E-state index >= 15 is 0 Å². The largest absolute Gasteiger partial charge is 0.508 e. The van der Waals surface area contributed by atoms with Crippen molar-refractivity contribution in [2.75, 3.05) is 40.5 Å². The van der Waals surface area contributed by atoms with Crippen molar-refractivity contribution in [3.63, 3.8) is 0 Å². The van der Waals surface area contributed by atoms with Gasteiger partial charge in [-0.2, -0.15) is 0 Å². The maximum atomic E-state index is 12.4. The number of ether oxygens (including phenoxy) is 4. The van der Waals surface area contributed by atoms with Gasteiger partial charge in [-0.25, -0.2) is 4.79 Å². The van der Waals surface area contributed by atoms with Crippen LogP contribution in [0.5, 0.6) is 0 Å². The molecule has 0 aromatic rings. The summed E-state index contributed by atoms with van der Waals surface area (Å²) in [7, 11) is 4.03. The zero-order chi connectivity index (χ0) is 38.9. The summed E-state index contributed by atoms with van der Waals surface area (Å²) >= 11 is 0. The van der Waals surface area contributed by atoms with Gasteiger partial charge in [0.05, 0.1) is 13.2 Å². The highest BCUT2D eigenvalue weighted by Gasteiger charge is 2.16. The third-order valence-electron chi connectivity index (χ3n) is 9.45. The molecule has 310 valence electrons. The van der Waals surface area contributed by atoms with Crippen LogP contribution in [0.25, 0.3) is 0 Å². The molecule has 0 heterocycles. The van der Waals surface area contributed by atoms with Gasteiger partial charge in [0, 0.05) is 26.5 Å². The van der Waals surface area contributed by atoms with Gasteiger partial charge in [-0.05, 0) is 97.6 Å². The van der Waals surface area contributed by atoms with Crippen LogP contribution in [0.4, 0.5) is 4.79 Å². The summed E-state index contributed by atoms with van der Waals surface area (Å²) < 4.78 is 22.5. The number of nitrogens with zero attached hydrogens (tertiary/aromatic N) is 1. The van der Waals surface area contributed by atoms with Gasteiger partial charge >= 0.3 is 12.1 Å². The van der Waals surface area contributed by atoms with E-state index < -0.39 is 6.16 Å². The van der Waals surface area contributed by atoms with Crippen LogP contribution < -0.4 is 0 Å². The van der Waals surface area contributed by atoms with E-state index in [-0.39, 0.29) is 18.2 Å². The lowest BCUT2D eigenvalue weighted by atomic mass is 10.1. The Morgan fingerprint density at radius 3 is 1.66 bits per heavy atom. The molecule has 2 atom stereocenters. The first-order chi connectivity index (χ1) is 25.9. The number of carbonyl (C=O) groups is 2. The predicted octanol–water partition coefficient (Wildman–Crippen LogP) is 13.3. The van der Waals surface area contributed by atoms with Gasteiger partial charge in [0.25, 0.3) is 0 Å². The van der Waals surface area contributed by atoms with E-state index in [2.05, 4.69) is 55.2 Å². The van der Waals surface area contributed by atoms with Crippen LogP contribution in [0, 0.1) is 0 Å². The van der Waals surface area contributed by atoms with E-state index in [0.717, 1.165) is 77.2 Å². The zero-order valence-electron chi connectivity index (χ0n) is 35.4. The molecule has 0 bridgehead atoms. The molecule has 0 saturated heterocycles. The summed E-state index contributed by atoms with van der Waals surface area (Å²) in [5.74, 6) is -0.174. The average Bonchev–Trinajstić information content (AvgIpc) is 3.13. The number of hydrogen-bond acceptors (Lipinski definition) is 7. The Labute approximate surface area is 328 Å². The number of allylic oxidation sites excluding steroid dienone is 5. The summed E-state index contributed by atoms with van der Waals surface area (Å²) in [5, 5.41) is 0. The predicted molar refractivity (Wildman–Crippen MR) is 225 cm³/mol. The molecule has 0 aromatic heterocycles. The second-order valence-corrected chi connectivity index (χ2v) is 15.1. The van der Waals surface area contributed by atoms with E-state index in [9.17, 15) is 9.59 Å². The van der Waals surface area contributed by atoms with Crippen molar-refractivity contribution >= 4 is 12.1 Å². The monoisotopic (exact) mass is 748 g/mol. The van der Waals surface area contributed by atoms with Crippen molar-refractivity contribution in [2.45, 2.75) is 206 Å². The van der Waals surface area contributed by atoms with Crippen LogP contribution >= 0.6 is 0 Å². The molecule has 7 nitrogen and oxygen atoms in total. The fraction of sp³-hybridized carbons (Fsp3) is 0.826. The fourth-order valence-electron chi connectivity index (χ4n) is 6.26. The van der Waals surface area contributed by atoms with Gasteiger partial charge in [0.2, 0.25) is 0 Å². The van der Waals surface area contributed by atoms with Crippen molar-refractivity contribution in [1.29, 1.82) is 0 Å². The molecule has 0 radical (unpaired) electrons. The molecule has 7 heteroatoms. The molecule has 0 aliphatic rings. The van der Waals surface area contributed by atoms with Crippen molar-refractivity contribution in [3.05, 3.63) is 36.5 Å². The second-order valence-electron chi connectivity index (χ2n) is 15.1. The maximum Gasteiger partial charge on any atom is 0.508 e. The summed E-state index contributed by atoms with van der Waals surface area (Å²) in [4.78, 5) is 25.9. The van der Waals surface area contributed by atoms with Crippen molar-refractivity contribution in [2.24, 2.45) is 0 Å². The molecule has 0 aliphatic heterocycles. The Balaban J connectivity index is 4.14. The van der Waals surface area contributed by atoms with Crippen molar-refractivity contribution < 1.29 is 28.5 Å². The first kappa shape index (κ1) is 50.9. The molecule has 53 heavy (non-hydrogen) atoms. The Hall–Kier alpha value is -2.12. The SMILES string of the molecule is CCCCC/C=C\C/C=C\CCCCCCCCC(COCCCCCCCCC=CCC(CCCCCC)OC(C)=O)OC(=O)OCCCN(C)C. The molecular formula is C46H85NO6. The lowest BCUT2D eigenvalue weighted by molar-refractivity contribution is -0.146. The summed E-state index contributed by atoms with van der Waals surface area (Å²) in [6, 6.07) is 0. The van der Waals surface area contributed by atoms with Gasteiger partial charge in [0.1, 0.15) is 12.2 Å². The Bertz CT molecular complexity index is 885. The number of hydrogen-bond donors (Lipinski definition) is 0. The number of esters is 1. The minimum absolute atomic E-state index is 0.0205. The normalized spacial score (nSPS) is 13.1. The molecule has 2 unspecified atom stereocenters. The highest BCUT2D eigenvalue weighted by Crippen LogP contribution is 2.15. The molecule has 0 fully saturated rings. The fourth-order valence-corrected chi connectivity index (χ4v) is 6.26. The van der Waals surface area contributed by atoms with Crippen LogP contribution in [0.1, 0.15) is 194 Å². The highest BCUT2D eigenvalue weighted by molar-refractivity contribution is 5.66. The Morgan fingerprint density at radius 1 is 0.547 bits per heavy atom. The minimum atomic E-state index is -0.570. The van der Waals surface area contributed by atoms with E-state index in [1.165, 1.54) is 110 Å². The first-order valence-corrected chi connectivity index (χ1v) is 22.1. The third-order valence-corrected chi connectivity index (χ3v) is 9.45. The lowest BCUT2D eigenvalue weighted by Gasteiger charge is -2.18. The van der Waals surface area contributed by atoms with E-state index in [1.54, 1.807) is 0 Å². The molecule has 0 spiro atoms. The minimum Gasteiger partial charge on any atom is -0.462 e. The second kappa shape index (κ2) is 41.1. The quantitative estimate of drug-likeness (QED) is 0.0352. The smallest absolute Gasteiger partial charge is 0.462 e. The van der Waals surface area contributed by atoms with E-state index in [1.807, 2.05) is 14.1 Å². The lowest BCUT2D eigenvalue weighted by Crippen LogP contribution is -2.25. The van der Waals surface area contributed by atoms with Crippen LogP contribution in [0.2, 0.25) is 0 Å².